The van der Waals surface area contributed by atoms with Gasteiger partial charge in [-0.3, -0.25) is 4.79 Å². The maximum absolute atomic E-state index is 13.6. The highest BCUT2D eigenvalue weighted by Crippen LogP contribution is 2.33. The maximum Gasteiger partial charge on any atom is 0.347 e. The highest BCUT2D eigenvalue weighted by molar-refractivity contribution is 6.31. The van der Waals surface area contributed by atoms with Crippen LogP contribution < -0.4 is 31.0 Å². The lowest BCUT2D eigenvalue weighted by atomic mass is 10.0. The molecule has 0 aliphatic heterocycles. The molecule has 44 heavy (non-hydrogen) atoms. The van der Waals surface area contributed by atoms with E-state index in [4.69, 9.17) is 37.3 Å². The van der Waals surface area contributed by atoms with Gasteiger partial charge in [0.15, 0.2) is 5.75 Å². The summed E-state index contributed by atoms with van der Waals surface area (Å²) in [5.41, 5.74) is 12.1. The summed E-state index contributed by atoms with van der Waals surface area (Å²) < 4.78 is 17.7. The van der Waals surface area contributed by atoms with Crippen molar-refractivity contribution < 1.29 is 23.8 Å². The number of ether oxygens (including phenoxy) is 3. The van der Waals surface area contributed by atoms with Crippen molar-refractivity contribution in [2.75, 3.05) is 31.6 Å². The van der Waals surface area contributed by atoms with Crippen LogP contribution in [0.15, 0.2) is 91.0 Å². The molecule has 0 aliphatic carbocycles. The van der Waals surface area contributed by atoms with Gasteiger partial charge < -0.3 is 31.0 Å². The van der Waals surface area contributed by atoms with Crippen LogP contribution in [0.1, 0.15) is 41.0 Å². The lowest BCUT2D eigenvalue weighted by Gasteiger charge is -2.16. The van der Waals surface area contributed by atoms with Crippen molar-refractivity contribution in [2.45, 2.75) is 20.3 Å². The second kappa shape index (κ2) is 15.2. The molecular weight excluding hydrogens is 578 g/mol. The van der Waals surface area contributed by atoms with E-state index in [0.717, 1.165) is 21.5 Å². The van der Waals surface area contributed by atoms with Gasteiger partial charge in [0.25, 0.3) is 5.91 Å². The molecule has 1 amide bonds. The third-order valence-corrected chi connectivity index (χ3v) is 7.00. The van der Waals surface area contributed by atoms with Crippen LogP contribution in [0, 0.1) is 0 Å². The summed E-state index contributed by atoms with van der Waals surface area (Å²) in [6.07, 6.45) is 1.26. The summed E-state index contributed by atoms with van der Waals surface area (Å²) >= 11 is 6.28. The van der Waals surface area contributed by atoms with E-state index in [1.165, 1.54) is 6.07 Å². The van der Waals surface area contributed by atoms with Crippen molar-refractivity contribution in [3.05, 3.63) is 107 Å². The molecule has 5 aromatic rings. The van der Waals surface area contributed by atoms with Gasteiger partial charge in [-0.25, -0.2) is 4.79 Å². The predicted molar refractivity (Wildman–Crippen MR) is 177 cm³/mol. The number of halogens is 1. The molecule has 0 atom stereocenters. The Labute approximate surface area is 261 Å². The molecule has 0 saturated heterocycles. The van der Waals surface area contributed by atoms with Gasteiger partial charge in [0.2, 0.25) is 0 Å². The first-order valence-corrected chi connectivity index (χ1v) is 14.4. The van der Waals surface area contributed by atoms with Gasteiger partial charge in [0, 0.05) is 11.1 Å². The van der Waals surface area contributed by atoms with Crippen LogP contribution in [0.4, 0.5) is 5.69 Å². The number of carbonyl (C=O) groups is 2. The van der Waals surface area contributed by atoms with E-state index < -0.39 is 11.9 Å². The largest absolute Gasteiger partial charge is 0.493 e. The zero-order chi connectivity index (χ0) is 30.2. The lowest BCUT2D eigenvalue weighted by molar-refractivity contribution is 0.0730. The molecular formula is C35H36ClN3O5. The minimum Gasteiger partial charge on any atom is -0.493 e. The van der Waals surface area contributed by atoms with Crippen LogP contribution in [0.5, 0.6) is 17.2 Å². The van der Waals surface area contributed by atoms with Gasteiger partial charge >= 0.3 is 5.97 Å². The average molecular weight is 614 g/mol. The van der Waals surface area contributed by atoms with Gasteiger partial charge in [-0.2, -0.15) is 0 Å². The summed E-state index contributed by atoms with van der Waals surface area (Å²) in [6.45, 7) is 1.62. The number of benzene rings is 5. The Hall–Kier alpha value is -4.63. The van der Waals surface area contributed by atoms with Crippen LogP contribution >= 0.6 is 11.6 Å². The Bertz CT molecular complexity index is 1780. The number of hydrogen-bond donors (Lipinski definition) is 3. The molecule has 0 fully saturated rings. The van der Waals surface area contributed by atoms with Gasteiger partial charge in [-0.15, -0.1) is 0 Å². The zero-order valence-corrected chi connectivity index (χ0v) is 24.2. The first-order chi connectivity index (χ1) is 21.0. The number of esters is 1. The Morgan fingerprint density at radius 2 is 1.16 bits per heavy atom. The highest BCUT2D eigenvalue weighted by atomic mass is 35.5. The van der Waals surface area contributed by atoms with E-state index >= 15 is 0 Å². The van der Waals surface area contributed by atoms with Crippen LogP contribution in [-0.2, 0) is 0 Å². The quantitative estimate of drug-likeness (QED) is 0.0771. The van der Waals surface area contributed by atoms with Crippen molar-refractivity contribution in [3.63, 3.8) is 0 Å². The number of rotatable bonds is 12. The molecule has 228 valence electrons. The third kappa shape index (κ3) is 7.65. The van der Waals surface area contributed by atoms with E-state index in [1.807, 2.05) is 54.6 Å². The number of anilines is 1. The Morgan fingerprint density at radius 3 is 1.70 bits per heavy atom. The smallest absolute Gasteiger partial charge is 0.347 e. The fourth-order valence-electron chi connectivity index (χ4n) is 4.57. The normalized spacial score (nSPS) is 10.7. The van der Waals surface area contributed by atoms with Gasteiger partial charge in [0.05, 0.1) is 24.5 Å². The first-order valence-electron chi connectivity index (χ1n) is 14.0. The number of fused-ring (bicyclic) bond motifs is 2. The lowest BCUT2D eigenvalue weighted by Crippen LogP contribution is -2.17. The number of nitrogens with one attached hydrogen (secondary N) is 1. The van der Waals surface area contributed by atoms with Gasteiger partial charge in [0.1, 0.15) is 17.1 Å². The van der Waals surface area contributed by atoms with Crippen LogP contribution in [0.25, 0.3) is 21.5 Å². The summed E-state index contributed by atoms with van der Waals surface area (Å²) in [7, 11) is 0. The molecule has 5 N–H and O–H groups in total. The van der Waals surface area contributed by atoms with E-state index in [-0.39, 0.29) is 24.4 Å². The van der Waals surface area contributed by atoms with Crippen LogP contribution in [0.3, 0.4) is 0 Å². The minimum absolute atomic E-state index is 0. The summed E-state index contributed by atoms with van der Waals surface area (Å²) in [5, 5.41) is 6.77. The fraction of sp³-hybridized carbons (Fsp3) is 0.200. The monoisotopic (exact) mass is 613 g/mol. The Kier molecular flexibility index (Phi) is 11.2. The molecule has 0 spiro atoms. The number of nitrogens with two attached hydrogens (primary N) is 2. The summed E-state index contributed by atoms with van der Waals surface area (Å²) in [4.78, 5) is 27.2. The van der Waals surface area contributed by atoms with Gasteiger partial charge in [-0.1, -0.05) is 67.6 Å². The average Bonchev–Trinajstić information content (AvgIpc) is 3.01. The molecule has 5 aromatic carbocycles. The predicted octanol–water partition coefficient (Wildman–Crippen LogP) is 7.21. The number of carbonyl (C=O) groups excluding carboxylic acids is 2. The Morgan fingerprint density at radius 1 is 0.659 bits per heavy atom. The van der Waals surface area contributed by atoms with Crippen molar-refractivity contribution in [1.82, 2.24) is 0 Å². The van der Waals surface area contributed by atoms with E-state index in [0.29, 0.717) is 61.2 Å². The second-order valence-electron chi connectivity index (χ2n) is 9.86. The highest BCUT2D eigenvalue weighted by Gasteiger charge is 2.21. The maximum atomic E-state index is 13.6. The van der Waals surface area contributed by atoms with Crippen molar-refractivity contribution in [3.8, 4) is 17.2 Å². The molecule has 0 saturated carbocycles. The van der Waals surface area contributed by atoms with Gasteiger partial charge in [-0.05, 0) is 83.9 Å². The molecule has 0 heterocycles. The third-order valence-electron chi connectivity index (χ3n) is 6.77. The van der Waals surface area contributed by atoms with Crippen molar-refractivity contribution in [1.29, 1.82) is 0 Å². The number of hydrogen-bond acceptors (Lipinski definition) is 7. The van der Waals surface area contributed by atoms with Crippen molar-refractivity contribution >= 4 is 50.7 Å². The topological polar surface area (TPSA) is 126 Å². The summed E-state index contributed by atoms with van der Waals surface area (Å²) in [6, 6.07) is 27.1. The molecule has 8 nitrogen and oxygen atoms in total. The zero-order valence-electron chi connectivity index (χ0n) is 23.5. The fourth-order valence-corrected chi connectivity index (χ4v) is 4.74. The molecule has 0 aliphatic rings. The number of amides is 1. The molecule has 0 unspecified atom stereocenters. The van der Waals surface area contributed by atoms with Crippen molar-refractivity contribution in [2.24, 2.45) is 11.5 Å². The summed E-state index contributed by atoms with van der Waals surface area (Å²) in [5.74, 6) is -0.224. The van der Waals surface area contributed by atoms with E-state index in [9.17, 15) is 9.59 Å². The first kappa shape index (κ1) is 32.3. The molecule has 9 heteroatoms. The van der Waals surface area contributed by atoms with E-state index in [1.54, 1.807) is 30.3 Å². The SMILES string of the molecule is C.NCCCOc1cc2ccccc2cc1C(=O)Nc1ccc(Cl)cc1OC(=O)c1cc2ccccc2cc1OCCCN. The van der Waals surface area contributed by atoms with Crippen LogP contribution in [-0.4, -0.2) is 38.2 Å². The van der Waals surface area contributed by atoms with E-state index in [2.05, 4.69) is 5.32 Å². The standard InChI is InChI=1S/C34H32ClN3O5.CH4/c35-26-11-12-29(38-33(39)27-17-22-7-1-3-9-24(22)19-30(27)41-15-5-13-36)32(21-26)43-34(40)28-18-23-8-2-4-10-25(23)20-31(28)42-16-6-14-37;/h1-4,7-12,17-21H,5-6,13-16,36-37H2,(H,38,39);1H4. The molecule has 0 radical (unpaired) electrons. The minimum atomic E-state index is -0.664. The second-order valence-corrected chi connectivity index (χ2v) is 10.3. The Balaban J connectivity index is 0.00000442. The molecule has 0 aromatic heterocycles. The molecule has 0 bridgehead atoms. The van der Waals surface area contributed by atoms with Crippen LogP contribution in [0.2, 0.25) is 5.02 Å². The molecule has 5 rings (SSSR count).